The number of rotatable bonds is 6. The summed E-state index contributed by atoms with van der Waals surface area (Å²) in [5.74, 6) is -0.446. The Morgan fingerprint density at radius 1 is 1.36 bits per heavy atom. The van der Waals surface area contributed by atoms with Crippen LogP contribution >= 0.6 is 0 Å². The van der Waals surface area contributed by atoms with E-state index in [1.807, 2.05) is 17.2 Å². The molecule has 150 valence electrons. The topological polar surface area (TPSA) is 93.3 Å². The number of esters is 1. The fourth-order valence-electron chi connectivity index (χ4n) is 3.24. The molecule has 0 amide bonds. The van der Waals surface area contributed by atoms with Gasteiger partial charge in [-0.1, -0.05) is 24.3 Å². The van der Waals surface area contributed by atoms with Crippen LogP contribution < -0.4 is 10.9 Å². The van der Waals surface area contributed by atoms with Gasteiger partial charge in [-0.2, -0.15) is 18.3 Å². The van der Waals surface area contributed by atoms with Crippen molar-refractivity contribution in [3.05, 3.63) is 57.5 Å². The van der Waals surface area contributed by atoms with E-state index < -0.39 is 41.1 Å². The van der Waals surface area contributed by atoms with Crippen LogP contribution in [0.15, 0.2) is 35.3 Å². The van der Waals surface area contributed by atoms with Crippen LogP contribution in [0.25, 0.3) is 0 Å². The van der Waals surface area contributed by atoms with Crippen molar-refractivity contribution in [2.75, 3.05) is 19.0 Å². The second-order valence-electron chi connectivity index (χ2n) is 6.25. The molecule has 2 unspecified atom stereocenters. The molecule has 28 heavy (non-hydrogen) atoms. The van der Waals surface area contributed by atoms with Gasteiger partial charge in [-0.25, -0.2) is 5.10 Å². The number of fused-ring (bicyclic) bond motifs is 1. The normalized spacial score (nSPS) is 18.6. The summed E-state index contributed by atoms with van der Waals surface area (Å²) in [6.45, 7) is 0.0588. The summed E-state index contributed by atoms with van der Waals surface area (Å²) < 4.78 is 50.3. The first-order valence-corrected chi connectivity index (χ1v) is 8.49. The summed E-state index contributed by atoms with van der Waals surface area (Å²) in [5.41, 5.74) is -1.43. The molecule has 1 aromatic heterocycles. The molecule has 0 fully saturated rings. The smallest absolute Gasteiger partial charge is 0.423 e. The average molecular weight is 397 g/mol. The highest BCUT2D eigenvalue weighted by atomic mass is 19.4. The summed E-state index contributed by atoms with van der Waals surface area (Å²) in [5, 5.41) is 8.05. The zero-order valence-corrected chi connectivity index (χ0v) is 14.9. The Labute approximate surface area is 157 Å². The molecular weight excluding hydrogens is 379 g/mol. The van der Waals surface area contributed by atoms with E-state index >= 15 is 0 Å². The molecule has 1 aliphatic carbocycles. The maximum atomic E-state index is 13.3. The van der Waals surface area contributed by atoms with E-state index in [0.29, 0.717) is 6.42 Å². The predicted octanol–water partition coefficient (Wildman–Crippen LogP) is 2.45. The highest BCUT2D eigenvalue weighted by molar-refractivity contribution is 5.69. The summed E-state index contributed by atoms with van der Waals surface area (Å²) >= 11 is 0. The minimum Gasteiger partial charge on any atom is -0.469 e. The second-order valence-corrected chi connectivity index (χ2v) is 6.25. The Morgan fingerprint density at radius 2 is 2.11 bits per heavy atom. The molecule has 2 N–H and O–H groups in total. The largest absolute Gasteiger partial charge is 0.469 e. The highest BCUT2D eigenvalue weighted by Gasteiger charge is 2.40. The molecule has 10 heteroatoms. The van der Waals surface area contributed by atoms with Crippen LogP contribution in [0.5, 0.6) is 0 Å². The fourth-order valence-corrected chi connectivity index (χ4v) is 3.24. The van der Waals surface area contributed by atoms with Gasteiger partial charge in [-0.15, -0.1) is 0 Å². The Kier molecular flexibility index (Phi) is 5.68. The third-order valence-corrected chi connectivity index (χ3v) is 4.50. The number of hydrogen-bond donors (Lipinski definition) is 2. The lowest BCUT2D eigenvalue weighted by Crippen LogP contribution is -2.30. The predicted molar refractivity (Wildman–Crippen MR) is 92.7 cm³/mol. The first-order valence-electron chi connectivity index (χ1n) is 8.49. The highest BCUT2D eigenvalue weighted by Crippen LogP contribution is 2.38. The fraction of sp³-hybridized carbons (Fsp3) is 0.389. The van der Waals surface area contributed by atoms with Crippen molar-refractivity contribution < 1.29 is 27.4 Å². The molecule has 0 radical (unpaired) electrons. The van der Waals surface area contributed by atoms with Crippen molar-refractivity contribution in [3.63, 3.8) is 0 Å². The first kappa shape index (κ1) is 19.9. The van der Waals surface area contributed by atoms with Crippen LogP contribution in [0.1, 0.15) is 29.2 Å². The van der Waals surface area contributed by atoms with Crippen LogP contribution in [-0.4, -0.2) is 36.0 Å². The summed E-state index contributed by atoms with van der Waals surface area (Å²) in [7, 11) is 1.26. The van der Waals surface area contributed by atoms with E-state index in [1.165, 1.54) is 7.11 Å². The van der Waals surface area contributed by atoms with Crippen molar-refractivity contribution in [1.82, 2.24) is 10.2 Å². The molecule has 0 spiro atoms. The zero-order valence-electron chi connectivity index (χ0n) is 14.9. The SMILES string of the molecule is COC(=O)CCOC1Cc2ccccc2C1Nc1cn[nH]c(=O)c1C(F)(F)F. The number of carbonyl (C=O) groups is 1. The second kappa shape index (κ2) is 8.01. The number of H-pyrrole nitrogens is 1. The van der Waals surface area contributed by atoms with Gasteiger partial charge >= 0.3 is 12.1 Å². The van der Waals surface area contributed by atoms with Crippen LogP contribution in [0.3, 0.4) is 0 Å². The maximum Gasteiger partial charge on any atom is 0.423 e. The number of methoxy groups -OCH3 is 1. The minimum absolute atomic E-state index is 0.0242. The van der Waals surface area contributed by atoms with Gasteiger partial charge in [0, 0.05) is 6.42 Å². The maximum absolute atomic E-state index is 13.3. The Hall–Kier alpha value is -2.88. The van der Waals surface area contributed by atoms with Gasteiger partial charge < -0.3 is 14.8 Å². The number of benzene rings is 1. The van der Waals surface area contributed by atoms with Gasteiger partial charge in [-0.3, -0.25) is 9.59 Å². The Balaban J connectivity index is 1.88. The van der Waals surface area contributed by atoms with Crippen molar-refractivity contribution >= 4 is 11.7 Å². The van der Waals surface area contributed by atoms with E-state index in [1.54, 1.807) is 12.1 Å². The standard InChI is InChI=1S/C18H18F3N3O4/c1-27-14(25)6-7-28-13-8-10-4-2-3-5-11(10)16(13)23-12-9-22-24-17(26)15(12)18(19,20)21/h2-5,9,13,16H,6-8H2,1H3,(H2,23,24,26). The number of carbonyl (C=O) groups excluding carboxylic acids is 1. The minimum atomic E-state index is -4.85. The van der Waals surface area contributed by atoms with E-state index in [9.17, 15) is 22.8 Å². The lowest BCUT2D eigenvalue weighted by atomic mass is 10.1. The number of halogens is 3. The van der Waals surface area contributed by atoms with Gasteiger partial charge in [0.15, 0.2) is 0 Å². The van der Waals surface area contributed by atoms with Crippen LogP contribution in [-0.2, 0) is 26.9 Å². The number of hydrogen-bond acceptors (Lipinski definition) is 6. The van der Waals surface area contributed by atoms with E-state index in [-0.39, 0.29) is 13.0 Å². The number of aromatic nitrogens is 2. The molecule has 0 bridgehead atoms. The van der Waals surface area contributed by atoms with Gasteiger partial charge in [0.05, 0.1) is 44.2 Å². The monoisotopic (exact) mass is 397 g/mol. The van der Waals surface area contributed by atoms with Crippen molar-refractivity contribution in [2.24, 2.45) is 0 Å². The molecule has 1 heterocycles. The number of nitrogens with zero attached hydrogens (tertiary/aromatic N) is 1. The van der Waals surface area contributed by atoms with Gasteiger partial charge in [0.2, 0.25) is 0 Å². The Bertz CT molecular complexity index is 913. The summed E-state index contributed by atoms with van der Waals surface area (Å²) in [6, 6.07) is 6.59. The van der Waals surface area contributed by atoms with E-state index in [0.717, 1.165) is 17.3 Å². The number of nitrogens with one attached hydrogen (secondary N) is 2. The van der Waals surface area contributed by atoms with Gasteiger partial charge in [0.1, 0.15) is 5.56 Å². The lowest BCUT2D eigenvalue weighted by Gasteiger charge is -2.24. The van der Waals surface area contributed by atoms with Crippen molar-refractivity contribution in [1.29, 1.82) is 0 Å². The lowest BCUT2D eigenvalue weighted by molar-refractivity contribution is -0.142. The number of ether oxygens (including phenoxy) is 2. The number of anilines is 1. The third kappa shape index (κ3) is 4.16. The van der Waals surface area contributed by atoms with Crippen LogP contribution in [0, 0.1) is 0 Å². The van der Waals surface area contributed by atoms with E-state index in [4.69, 9.17) is 4.74 Å². The number of alkyl halides is 3. The molecule has 1 aliphatic rings. The first-order chi connectivity index (χ1) is 13.3. The molecular formula is C18H18F3N3O4. The molecule has 0 saturated carbocycles. The number of aromatic amines is 1. The summed E-state index contributed by atoms with van der Waals surface area (Å²) in [4.78, 5) is 23.0. The van der Waals surface area contributed by atoms with Crippen molar-refractivity contribution in [2.45, 2.75) is 31.2 Å². The molecule has 1 aromatic carbocycles. The zero-order chi connectivity index (χ0) is 20.3. The average Bonchev–Trinajstić information content (AvgIpc) is 2.98. The van der Waals surface area contributed by atoms with Crippen LogP contribution in [0.2, 0.25) is 0 Å². The Morgan fingerprint density at radius 3 is 2.82 bits per heavy atom. The quantitative estimate of drug-likeness (QED) is 0.728. The van der Waals surface area contributed by atoms with Gasteiger partial charge in [-0.05, 0) is 11.1 Å². The van der Waals surface area contributed by atoms with Crippen LogP contribution in [0.4, 0.5) is 18.9 Å². The molecule has 0 saturated heterocycles. The summed E-state index contributed by atoms with van der Waals surface area (Å²) in [6.07, 6.45) is -3.97. The molecule has 0 aliphatic heterocycles. The third-order valence-electron chi connectivity index (χ3n) is 4.50. The molecule has 3 rings (SSSR count). The van der Waals surface area contributed by atoms with E-state index in [2.05, 4.69) is 15.2 Å². The molecule has 2 atom stereocenters. The molecule has 7 nitrogen and oxygen atoms in total. The van der Waals surface area contributed by atoms with Crippen molar-refractivity contribution in [3.8, 4) is 0 Å². The molecule has 2 aromatic rings. The van der Waals surface area contributed by atoms with Gasteiger partial charge in [0.25, 0.3) is 5.56 Å².